The molecule has 15 heavy (non-hydrogen) atoms. The summed E-state index contributed by atoms with van der Waals surface area (Å²) < 4.78 is 4.61. The average Bonchev–Trinajstić information content (AvgIpc) is 2.18. The zero-order valence-electron chi connectivity index (χ0n) is 8.48. The lowest BCUT2D eigenvalue weighted by Crippen LogP contribution is -2.35. The highest BCUT2D eigenvalue weighted by Crippen LogP contribution is 2.03. The van der Waals surface area contributed by atoms with Crippen molar-refractivity contribution in [2.75, 3.05) is 13.7 Å². The van der Waals surface area contributed by atoms with Crippen molar-refractivity contribution in [3.05, 3.63) is 11.8 Å². The number of amidine groups is 1. The largest absolute Gasteiger partial charge is 0.486 e. The molecule has 1 aliphatic heterocycles. The Bertz CT molecular complexity index is 369. The second-order valence-corrected chi connectivity index (χ2v) is 2.82. The number of hydrogen-bond donors (Lipinski definition) is 1. The van der Waals surface area contributed by atoms with Gasteiger partial charge in [0.25, 0.3) is 0 Å². The minimum absolute atomic E-state index is 0.0545. The Morgan fingerprint density at radius 3 is 3.00 bits per heavy atom. The standard InChI is InChI=1S/C9H11N3O3/c1-6(13)12-9-8(14)3-7(4-10-9)11-5-15-2/h3,5H,4H2,1-2H3,(H,10,12,13). The van der Waals surface area contributed by atoms with E-state index in [0.29, 0.717) is 5.70 Å². The molecule has 0 bridgehead atoms. The van der Waals surface area contributed by atoms with E-state index in [-0.39, 0.29) is 24.1 Å². The van der Waals surface area contributed by atoms with Crippen LogP contribution in [0.3, 0.4) is 0 Å². The van der Waals surface area contributed by atoms with Crippen LogP contribution in [-0.2, 0) is 14.3 Å². The summed E-state index contributed by atoms with van der Waals surface area (Å²) in [6.45, 7) is 1.57. The van der Waals surface area contributed by atoms with Crippen LogP contribution in [0.1, 0.15) is 6.92 Å². The van der Waals surface area contributed by atoms with Crippen LogP contribution in [0.5, 0.6) is 0 Å². The second kappa shape index (κ2) is 5.04. The first-order valence-electron chi connectivity index (χ1n) is 4.25. The van der Waals surface area contributed by atoms with Gasteiger partial charge in [-0.05, 0) is 0 Å². The highest BCUT2D eigenvalue weighted by molar-refractivity contribution is 6.45. The van der Waals surface area contributed by atoms with Gasteiger partial charge >= 0.3 is 0 Å². The summed E-state index contributed by atoms with van der Waals surface area (Å²) in [5.74, 6) is -0.627. The molecule has 0 saturated heterocycles. The van der Waals surface area contributed by atoms with Gasteiger partial charge < -0.3 is 10.1 Å². The molecule has 0 aliphatic carbocycles. The number of nitrogens with zero attached hydrogens (tertiary/aromatic N) is 2. The topological polar surface area (TPSA) is 80.1 Å². The number of methoxy groups -OCH3 is 1. The number of dihydropyridines is 1. The molecule has 1 amide bonds. The lowest BCUT2D eigenvalue weighted by Gasteiger charge is -2.08. The Kier molecular flexibility index (Phi) is 3.73. The number of rotatable bonds is 2. The third-order valence-electron chi connectivity index (χ3n) is 1.55. The summed E-state index contributed by atoms with van der Waals surface area (Å²) in [6.07, 6.45) is 2.53. The van der Waals surface area contributed by atoms with E-state index in [0.717, 1.165) is 0 Å². The Hall–Kier alpha value is -1.98. The highest BCUT2D eigenvalue weighted by Gasteiger charge is 2.15. The Balaban J connectivity index is 2.66. The van der Waals surface area contributed by atoms with Crippen molar-refractivity contribution in [3.63, 3.8) is 0 Å². The first-order valence-corrected chi connectivity index (χ1v) is 4.25. The molecule has 0 aromatic carbocycles. The van der Waals surface area contributed by atoms with Crippen LogP contribution >= 0.6 is 0 Å². The van der Waals surface area contributed by atoms with Gasteiger partial charge in [0.05, 0.1) is 19.4 Å². The maximum atomic E-state index is 11.4. The Morgan fingerprint density at radius 2 is 2.47 bits per heavy atom. The van der Waals surface area contributed by atoms with Gasteiger partial charge in [-0.2, -0.15) is 0 Å². The molecule has 0 aromatic rings. The van der Waals surface area contributed by atoms with Gasteiger partial charge in [0.1, 0.15) is 0 Å². The van der Waals surface area contributed by atoms with E-state index in [2.05, 4.69) is 20.0 Å². The second-order valence-electron chi connectivity index (χ2n) is 2.82. The van der Waals surface area contributed by atoms with Crippen LogP contribution in [0.4, 0.5) is 0 Å². The van der Waals surface area contributed by atoms with E-state index in [1.165, 1.54) is 26.5 Å². The van der Waals surface area contributed by atoms with Gasteiger partial charge in [0.15, 0.2) is 12.2 Å². The van der Waals surface area contributed by atoms with Gasteiger partial charge in [-0.1, -0.05) is 0 Å². The van der Waals surface area contributed by atoms with Crippen LogP contribution in [0.2, 0.25) is 0 Å². The summed E-state index contributed by atoms with van der Waals surface area (Å²) in [5.41, 5.74) is 0.496. The van der Waals surface area contributed by atoms with Crippen LogP contribution in [0, 0.1) is 0 Å². The summed E-state index contributed by atoms with van der Waals surface area (Å²) in [5, 5.41) is 2.34. The number of carbonyl (C=O) groups excluding carboxylic acids is 2. The molecule has 0 saturated carbocycles. The quantitative estimate of drug-likeness (QED) is 0.499. The third kappa shape index (κ3) is 3.34. The molecule has 1 aliphatic rings. The fraction of sp³-hybridized carbons (Fsp3) is 0.333. The van der Waals surface area contributed by atoms with Gasteiger partial charge in [-0.15, -0.1) is 0 Å². The van der Waals surface area contributed by atoms with Crippen LogP contribution in [-0.4, -0.2) is 37.6 Å². The number of ether oxygens (including phenoxy) is 1. The van der Waals surface area contributed by atoms with Crippen LogP contribution < -0.4 is 5.32 Å². The summed E-state index contributed by atoms with van der Waals surface area (Å²) in [6, 6.07) is 0. The number of nitrogens with one attached hydrogen (secondary N) is 1. The smallest absolute Gasteiger partial charge is 0.222 e. The van der Waals surface area contributed by atoms with E-state index >= 15 is 0 Å². The molecular formula is C9H11N3O3. The first kappa shape index (κ1) is 11.1. The summed E-state index contributed by atoms with van der Waals surface area (Å²) in [7, 11) is 1.46. The number of aliphatic imine (C=N–C) groups is 2. The molecule has 0 aromatic heterocycles. The molecule has 1 heterocycles. The van der Waals surface area contributed by atoms with Crippen molar-refractivity contribution < 1.29 is 14.3 Å². The van der Waals surface area contributed by atoms with Gasteiger partial charge in [0.2, 0.25) is 11.7 Å². The number of hydrogen-bond acceptors (Lipinski definition) is 5. The van der Waals surface area contributed by atoms with E-state index in [4.69, 9.17) is 0 Å². The molecule has 6 heteroatoms. The third-order valence-corrected chi connectivity index (χ3v) is 1.55. The van der Waals surface area contributed by atoms with Crippen molar-refractivity contribution in [3.8, 4) is 0 Å². The molecule has 1 rings (SSSR count). The van der Waals surface area contributed by atoms with E-state index < -0.39 is 0 Å². The van der Waals surface area contributed by atoms with Gasteiger partial charge in [-0.25, -0.2) is 4.99 Å². The number of ketones is 1. The molecule has 0 radical (unpaired) electrons. The van der Waals surface area contributed by atoms with E-state index in [1.807, 2.05) is 0 Å². The van der Waals surface area contributed by atoms with Crippen molar-refractivity contribution in [1.82, 2.24) is 5.32 Å². The van der Waals surface area contributed by atoms with Crippen LogP contribution in [0.25, 0.3) is 0 Å². The normalized spacial score (nSPS) is 16.0. The predicted molar refractivity (Wildman–Crippen MR) is 54.7 cm³/mol. The maximum Gasteiger partial charge on any atom is 0.222 e. The van der Waals surface area contributed by atoms with E-state index in [1.54, 1.807) is 0 Å². The first-order chi connectivity index (χ1) is 7.13. The van der Waals surface area contributed by atoms with Crippen molar-refractivity contribution in [2.45, 2.75) is 6.92 Å². The molecular weight excluding hydrogens is 198 g/mol. The predicted octanol–water partition coefficient (Wildman–Crippen LogP) is -0.338. The number of amides is 1. The Morgan fingerprint density at radius 1 is 1.73 bits per heavy atom. The fourth-order valence-electron chi connectivity index (χ4n) is 0.970. The zero-order chi connectivity index (χ0) is 11.3. The molecule has 0 spiro atoms. The Labute approximate surface area is 86.7 Å². The minimum Gasteiger partial charge on any atom is -0.486 e. The summed E-state index contributed by atoms with van der Waals surface area (Å²) >= 11 is 0. The lowest BCUT2D eigenvalue weighted by molar-refractivity contribution is -0.118. The molecule has 1 N–H and O–H groups in total. The van der Waals surface area contributed by atoms with Gasteiger partial charge in [0, 0.05) is 13.0 Å². The van der Waals surface area contributed by atoms with Gasteiger partial charge in [-0.3, -0.25) is 14.6 Å². The molecule has 80 valence electrons. The van der Waals surface area contributed by atoms with Crippen molar-refractivity contribution >= 4 is 23.9 Å². The molecule has 0 fully saturated rings. The number of carbonyl (C=O) groups is 2. The lowest BCUT2D eigenvalue weighted by atomic mass is 10.2. The monoisotopic (exact) mass is 209 g/mol. The SMILES string of the molecule is COC=NC1=CC(=O)C(NC(C)=O)=NC1. The zero-order valence-corrected chi connectivity index (χ0v) is 8.48. The van der Waals surface area contributed by atoms with Crippen molar-refractivity contribution in [2.24, 2.45) is 9.98 Å². The van der Waals surface area contributed by atoms with Crippen LogP contribution in [0.15, 0.2) is 21.8 Å². The molecule has 6 nitrogen and oxygen atoms in total. The van der Waals surface area contributed by atoms with E-state index in [9.17, 15) is 9.59 Å². The highest BCUT2D eigenvalue weighted by atomic mass is 16.5. The summed E-state index contributed by atoms with van der Waals surface area (Å²) in [4.78, 5) is 29.8. The average molecular weight is 209 g/mol. The fourth-order valence-corrected chi connectivity index (χ4v) is 0.970. The molecule has 0 atom stereocenters. The molecule has 0 unspecified atom stereocenters. The maximum absolute atomic E-state index is 11.4. The van der Waals surface area contributed by atoms with Crippen molar-refractivity contribution in [1.29, 1.82) is 0 Å². The minimum atomic E-state index is -0.361.